The Bertz CT molecular complexity index is 746. The molecule has 1 N–H and O–H groups in total. The first kappa shape index (κ1) is 18.9. The summed E-state index contributed by atoms with van der Waals surface area (Å²) in [6.45, 7) is 7.32. The molecule has 1 aromatic heterocycles. The van der Waals surface area contributed by atoms with Crippen molar-refractivity contribution in [2.45, 2.75) is 12.5 Å². The molecule has 28 heavy (non-hydrogen) atoms. The van der Waals surface area contributed by atoms with Crippen molar-refractivity contribution in [3.05, 3.63) is 60.4 Å². The number of hydrogen-bond acceptors (Lipinski definition) is 5. The first-order valence-corrected chi connectivity index (χ1v) is 10.2. The predicted molar refractivity (Wildman–Crippen MR) is 111 cm³/mol. The number of benzene rings is 1. The number of nitrogens with one attached hydrogen (secondary N) is 1. The van der Waals surface area contributed by atoms with Crippen LogP contribution in [0.15, 0.2) is 54.9 Å². The molecule has 0 bridgehead atoms. The largest absolute Gasteiger partial charge is 0.369 e. The molecular weight excluding hydrogens is 350 g/mol. The Kier molecular flexibility index (Phi) is 6.19. The lowest BCUT2D eigenvalue weighted by Crippen LogP contribution is -2.50. The molecule has 148 valence electrons. The number of aromatic nitrogens is 1. The highest BCUT2D eigenvalue weighted by Gasteiger charge is 2.28. The van der Waals surface area contributed by atoms with E-state index in [1.54, 1.807) is 6.20 Å². The molecule has 2 aliphatic heterocycles. The fraction of sp³-hybridized carbons (Fsp3) is 0.455. The first-order valence-electron chi connectivity index (χ1n) is 10.2. The van der Waals surface area contributed by atoms with Crippen molar-refractivity contribution >= 4 is 11.6 Å². The lowest BCUT2D eigenvalue weighted by molar-refractivity contribution is -0.135. The first-order chi connectivity index (χ1) is 13.8. The van der Waals surface area contributed by atoms with Gasteiger partial charge in [0.25, 0.3) is 0 Å². The van der Waals surface area contributed by atoms with Gasteiger partial charge >= 0.3 is 0 Å². The zero-order valence-electron chi connectivity index (χ0n) is 16.3. The van der Waals surface area contributed by atoms with E-state index in [1.165, 1.54) is 5.69 Å². The van der Waals surface area contributed by atoms with Gasteiger partial charge in [0.05, 0.1) is 6.04 Å². The average Bonchev–Trinajstić information content (AvgIpc) is 2.79. The number of piperazine rings is 2. The number of amides is 1. The maximum Gasteiger partial charge on any atom is 0.224 e. The quantitative estimate of drug-likeness (QED) is 0.858. The zero-order valence-corrected chi connectivity index (χ0v) is 16.3. The van der Waals surface area contributed by atoms with Gasteiger partial charge < -0.3 is 15.1 Å². The van der Waals surface area contributed by atoms with Gasteiger partial charge in [-0.15, -0.1) is 0 Å². The summed E-state index contributed by atoms with van der Waals surface area (Å²) in [6, 6.07) is 14.7. The van der Waals surface area contributed by atoms with Gasteiger partial charge in [-0.05, 0) is 23.8 Å². The van der Waals surface area contributed by atoms with E-state index in [0.717, 1.165) is 57.9 Å². The van der Waals surface area contributed by atoms with Gasteiger partial charge in [0.1, 0.15) is 0 Å². The van der Waals surface area contributed by atoms with Crippen LogP contribution in [0, 0.1) is 0 Å². The summed E-state index contributed by atoms with van der Waals surface area (Å²) in [5, 5.41) is 3.41. The van der Waals surface area contributed by atoms with Gasteiger partial charge in [-0.1, -0.05) is 24.3 Å². The zero-order chi connectivity index (χ0) is 19.2. The molecule has 1 aromatic carbocycles. The summed E-state index contributed by atoms with van der Waals surface area (Å²) >= 11 is 0. The summed E-state index contributed by atoms with van der Waals surface area (Å²) in [7, 11) is 0. The monoisotopic (exact) mass is 379 g/mol. The van der Waals surface area contributed by atoms with Crippen molar-refractivity contribution in [1.29, 1.82) is 0 Å². The van der Waals surface area contributed by atoms with Gasteiger partial charge in [-0.3, -0.25) is 14.7 Å². The number of hydrogen-bond donors (Lipinski definition) is 1. The second-order valence-electron chi connectivity index (χ2n) is 7.51. The normalized spacial score (nSPS) is 20.9. The number of nitrogens with zero attached hydrogens (tertiary/aromatic N) is 4. The molecule has 2 aliphatic rings. The van der Waals surface area contributed by atoms with E-state index >= 15 is 0 Å². The Labute approximate surface area is 167 Å². The van der Waals surface area contributed by atoms with E-state index in [0.29, 0.717) is 6.42 Å². The number of carbonyl (C=O) groups is 1. The summed E-state index contributed by atoms with van der Waals surface area (Å²) in [6.07, 6.45) is 4.24. The maximum atomic E-state index is 13.0. The average molecular weight is 380 g/mol. The molecule has 1 unspecified atom stereocenters. The van der Waals surface area contributed by atoms with Crippen LogP contribution < -0.4 is 10.2 Å². The molecule has 6 nitrogen and oxygen atoms in total. The molecule has 1 amide bonds. The molecule has 4 rings (SSSR count). The highest BCUT2D eigenvalue weighted by molar-refractivity contribution is 5.77. The molecule has 0 radical (unpaired) electrons. The van der Waals surface area contributed by atoms with E-state index in [2.05, 4.69) is 56.5 Å². The van der Waals surface area contributed by atoms with Crippen LogP contribution in [0.5, 0.6) is 0 Å². The third-order valence-electron chi connectivity index (χ3n) is 5.77. The lowest BCUT2D eigenvalue weighted by Gasteiger charge is -2.38. The van der Waals surface area contributed by atoms with Crippen molar-refractivity contribution in [2.75, 3.05) is 57.3 Å². The van der Waals surface area contributed by atoms with Gasteiger partial charge in [-0.25, -0.2) is 0 Å². The Hall–Kier alpha value is -2.44. The van der Waals surface area contributed by atoms with E-state index in [9.17, 15) is 4.79 Å². The maximum absolute atomic E-state index is 13.0. The number of carbonyl (C=O) groups excluding carboxylic acids is 1. The molecule has 2 aromatic rings. The second kappa shape index (κ2) is 9.17. The SMILES string of the molecule is O=C(CCN1CCN(c2ccccc2)CC1)N1CCNCC1c1cccnc1. The standard InChI is InChI=1S/C22H29N5O/c28-22(27-12-10-24-18-21(27)19-5-4-9-23-17-19)8-11-25-13-15-26(16-14-25)20-6-2-1-3-7-20/h1-7,9,17,21,24H,8,10-16,18H2. The highest BCUT2D eigenvalue weighted by atomic mass is 16.2. The van der Waals surface area contributed by atoms with Crippen LogP contribution in [0.4, 0.5) is 5.69 Å². The summed E-state index contributed by atoms with van der Waals surface area (Å²) < 4.78 is 0. The van der Waals surface area contributed by atoms with Crippen LogP contribution in [0.2, 0.25) is 0 Å². The van der Waals surface area contributed by atoms with E-state index in [-0.39, 0.29) is 11.9 Å². The topological polar surface area (TPSA) is 51.7 Å². The number of rotatable bonds is 5. The molecule has 0 aliphatic carbocycles. The van der Waals surface area contributed by atoms with Crippen LogP contribution in [0.25, 0.3) is 0 Å². The van der Waals surface area contributed by atoms with Crippen molar-refractivity contribution in [3.8, 4) is 0 Å². The van der Waals surface area contributed by atoms with E-state index < -0.39 is 0 Å². The summed E-state index contributed by atoms with van der Waals surface area (Å²) in [5.74, 6) is 0.251. The lowest BCUT2D eigenvalue weighted by atomic mass is 10.0. The van der Waals surface area contributed by atoms with Crippen molar-refractivity contribution in [1.82, 2.24) is 20.1 Å². The smallest absolute Gasteiger partial charge is 0.224 e. The molecule has 2 saturated heterocycles. The van der Waals surface area contributed by atoms with Crippen LogP contribution in [-0.4, -0.2) is 73.0 Å². The Balaban J connectivity index is 1.28. The molecule has 1 atom stereocenters. The van der Waals surface area contributed by atoms with Crippen LogP contribution in [0.3, 0.4) is 0 Å². The Morgan fingerprint density at radius 1 is 1.04 bits per heavy atom. The Morgan fingerprint density at radius 2 is 1.86 bits per heavy atom. The van der Waals surface area contributed by atoms with Gasteiger partial charge in [-0.2, -0.15) is 0 Å². The molecule has 2 fully saturated rings. The van der Waals surface area contributed by atoms with Gasteiger partial charge in [0.2, 0.25) is 5.91 Å². The van der Waals surface area contributed by atoms with Crippen molar-refractivity contribution < 1.29 is 4.79 Å². The Morgan fingerprint density at radius 3 is 2.61 bits per heavy atom. The third kappa shape index (κ3) is 4.51. The molecule has 0 spiro atoms. The second-order valence-corrected chi connectivity index (χ2v) is 7.51. The number of para-hydroxylation sites is 1. The minimum absolute atomic E-state index is 0.0878. The van der Waals surface area contributed by atoms with E-state index in [4.69, 9.17) is 0 Å². The summed E-state index contributed by atoms with van der Waals surface area (Å²) in [5.41, 5.74) is 2.40. The van der Waals surface area contributed by atoms with Gasteiger partial charge in [0, 0.05) is 76.9 Å². The summed E-state index contributed by atoms with van der Waals surface area (Å²) in [4.78, 5) is 24.1. The van der Waals surface area contributed by atoms with Crippen molar-refractivity contribution in [3.63, 3.8) is 0 Å². The highest BCUT2D eigenvalue weighted by Crippen LogP contribution is 2.22. The molecule has 3 heterocycles. The predicted octanol–water partition coefficient (Wildman–Crippen LogP) is 1.77. The minimum atomic E-state index is 0.0878. The van der Waals surface area contributed by atoms with Crippen LogP contribution in [-0.2, 0) is 4.79 Å². The van der Waals surface area contributed by atoms with Crippen molar-refractivity contribution in [2.24, 2.45) is 0 Å². The molecular formula is C22H29N5O. The fourth-order valence-corrected chi connectivity index (χ4v) is 4.14. The van der Waals surface area contributed by atoms with E-state index in [1.807, 2.05) is 17.2 Å². The molecule has 6 heteroatoms. The van der Waals surface area contributed by atoms with Gasteiger partial charge in [0.15, 0.2) is 0 Å². The number of anilines is 1. The van der Waals surface area contributed by atoms with Crippen LogP contribution in [0.1, 0.15) is 18.0 Å². The number of pyridine rings is 1. The van der Waals surface area contributed by atoms with Crippen LogP contribution >= 0.6 is 0 Å². The fourth-order valence-electron chi connectivity index (χ4n) is 4.14. The molecule has 0 saturated carbocycles. The third-order valence-corrected chi connectivity index (χ3v) is 5.77. The minimum Gasteiger partial charge on any atom is -0.369 e.